The minimum absolute atomic E-state index is 0.380. The summed E-state index contributed by atoms with van der Waals surface area (Å²) in [6, 6.07) is 6.90. The fourth-order valence-electron chi connectivity index (χ4n) is 2.10. The first-order valence-electron chi connectivity index (χ1n) is 6.42. The maximum atomic E-state index is 5.68. The van der Waals surface area contributed by atoms with E-state index >= 15 is 0 Å². The molecule has 1 fully saturated rings. The maximum absolute atomic E-state index is 5.68. The molecule has 0 saturated carbocycles. The number of hydrogen-bond donors (Lipinski definition) is 1. The lowest BCUT2D eigenvalue weighted by Gasteiger charge is -2.17. The van der Waals surface area contributed by atoms with E-state index in [0.29, 0.717) is 12.1 Å². The van der Waals surface area contributed by atoms with Crippen LogP contribution in [0.2, 0.25) is 0 Å². The summed E-state index contributed by atoms with van der Waals surface area (Å²) in [4.78, 5) is 1.35. The molecule has 2 rings (SSSR count). The van der Waals surface area contributed by atoms with E-state index in [1.54, 1.807) is 0 Å². The second-order valence-corrected chi connectivity index (χ2v) is 6.62. The molecule has 1 aliphatic heterocycles. The van der Waals surface area contributed by atoms with Gasteiger partial charge in [0, 0.05) is 27.8 Å². The summed E-state index contributed by atoms with van der Waals surface area (Å²) in [7, 11) is 2.00. The van der Waals surface area contributed by atoms with Crippen molar-refractivity contribution in [1.29, 1.82) is 0 Å². The minimum atomic E-state index is 0.380. The van der Waals surface area contributed by atoms with Gasteiger partial charge in [0.1, 0.15) is 0 Å². The van der Waals surface area contributed by atoms with Crippen LogP contribution in [0.15, 0.2) is 27.6 Å². The molecule has 0 bridgehead atoms. The van der Waals surface area contributed by atoms with E-state index in [9.17, 15) is 0 Å². The van der Waals surface area contributed by atoms with E-state index in [1.807, 2.05) is 18.8 Å². The summed E-state index contributed by atoms with van der Waals surface area (Å²) in [5.74, 6) is 1.06. The van der Waals surface area contributed by atoms with Gasteiger partial charge in [0.25, 0.3) is 0 Å². The van der Waals surface area contributed by atoms with Gasteiger partial charge in [0.2, 0.25) is 0 Å². The van der Waals surface area contributed by atoms with Crippen molar-refractivity contribution in [2.45, 2.75) is 36.8 Å². The van der Waals surface area contributed by atoms with Crippen LogP contribution in [0.5, 0.6) is 0 Å². The van der Waals surface area contributed by atoms with Gasteiger partial charge in [-0.1, -0.05) is 22.0 Å². The summed E-state index contributed by atoms with van der Waals surface area (Å²) in [6.07, 6.45) is 2.85. The zero-order valence-electron chi connectivity index (χ0n) is 10.9. The molecule has 0 spiro atoms. The Kier molecular flexibility index (Phi) is 5.55. The maximum Gasteiger partial charge on any atom is 0.0669 e. The van der Waals surface area contributed by atoms with Crippen molar-refractivity contribution in [3.8, 4) is 0 Å². The molecule has 0 amide bonds. The van der Waals surface area contributed by atoms with E-state index in [1.165, 1.54) is 23.3 Å². The Hall–Kier alpha value is -0.0300. The van der Waals surface area contributed by atoms with Crippen LogP contribution in [-0.4, -0.2) is 25.5 Å². The molecule has 1 aromatic rings. The zero-order chi connectivity index (χ0) is 13.0. The lowest BCUT2D eigenvalue weighted by molar-refractivity contribution is 0.129. The molecule has 0 radical (unpaired) electrons. The Labute approximate surface area is 122 Å². The third-order valence-corrected chi connectivity index (χ3v) is 5.02. The van der Waals surface area contributed by atoms with Crippen LogP contribution in [0.4, 0.5) is 0 Å². The van der Waals surface area contributed by atoms with Crippen LogP contribution in [0.25, 0.3) is 0 Å². The number of ether oxygens (including phenoxy) is 1. The molecule has 100 valence electrons. The average Bonchev–Trinajstić information content (AvgIpc) is 2.88. The molecule has 0 aliphatic carbocycles. The number of halogens is 1. The molecule has 1 aromatic carbocycles. The third kappa shape index (κ3) is 3.73. The first-order chi connectivity index (χ1) is 8.70. The van der Waals surface area contributed by atoms with Gasteiger partial charge >= 0.3 is 0 Å². The van der Waals surface area contributed by atoms with Gasteiger partial charge in [0.05, 0.1) is 6.10 Å². The van der Waals surface area contributed by atoms with Crippen molar-refractivity contribution < 1.29 is 4.74 Å². The zero-order valence-corrected chi connectivity index (χ0v) is 13.3. The Morgan fingerprint density at radius 3 is 3.06 bits per heavy atom. The molecule has 1 aliphatic rings. The first kappa shape index (κ1) is 14.4. The highest BCUT2D eigenvalue weighted by Crippen LogP contribution is 2.32. The molecule has 1 N–H and O–H groups in total. The van der Waals surface area contributed by atoms with Gasteiger partial charge < -0.3 is 10.1 Å². The summed E-state index contributed by atoms with van der Waals surface area (Å²) in [6.45, 7) is 3.13. The Balaban J connectivity index is 2.06. The summed E-state index contributed by atoms with van der Waals surface area (Å²) in [5, 5.41) is 3.31. The normalized spacial score (nSPS) is 21.2. The lowest BCUT2D eigenvalue weighted by Crippen LogP contribution is -2.14. The predicted molar refractivity (Wildman–Crippen MR) is 81.3 cm³/mol. The van der Waals surface area contributed by atoms with E-state index in [-0.39, 0.29) is 0 Å². The van der Waals surface area contributed by atoms with Gasteiger partial charge in [-0.25, -0.2) is 0 Å². The molecule has 1 saturated heterocycles. The van der Waals surface area contributed by atoms with Crippen LogP contribution in [-0.2, 0) is 4.74 Å². The quantitative estimate of drug-likeness (QED) is 0.825. The molecule has 18 heavy (non-hydrogen) atoms. The van der Waals surface area contributed by atoms with E-state index < -0.39 is 0 Å². The van der Waals surface area contributed by atoms with Crippen molar-refractivity contribution in [2.24, 2.45) is 0 Å². The highest BCUT2D eigenvalue weighted by atomic mass is 79.9. The second-order valence-electron chi connectivity index (χ2n) is 4.64. The number of hydrogen-bond acceptors (Lipinski definition) is 3. The van der Waals surface area contributed by atoms with Crippen LogP contribution < -0.4 is 5.32 Å². The first-order valence-corrected chi connectivity index (χ1v) is 8.19. The van der Waals surface area contributed by atoms with Gasteiger partial charge in [-0.2, -0.15) is 0 Å². The smallest absolute Gasteiger partial charge is 0.0669 e. The highest BCUT2D eigenvalue weighted by molar-refractivity contribution is 9.10. The fraction of sp³-hybridized carbons (Fsp3) is 0.571. The van der Waals surface area contributed by atoms with Crippen molar-refractivity contribution in [3.05, 3.63) is 28.2 Å². The topological polar surface area (TPSA) is 21.3 Å². The van der Waals surface area contributed by atoms with E-state index in [0.717, 1.165) is 16.8 Å². The molecule has 2 atom stereocenters. The summed E-state index contributed by atoms with van der Waals surface area (Å²) in [5.41, 5.74) is 1.36. The van der Waals surface area contributed by atoms with Crippen molar-refractivity contribution in [1.82, 2.24) is 5.32 Å². The van der Waals surface area contributed by atoms with Crippen LogP contribution >= 0.6 is 27.7 Å². The van der Waals surface area contributed by atoms with Crippen molar-refractivity contribution in [2.75, 3.05) is 19.4 Å². The standard InChI is InChI=1S/C14H20BrNOS/c1-10(16-2)13-6-5-11(15)8-14(13)18-9-12-4-3-7-17-12/h5-6,8,10,12,16H,3-4,7,9H2,1-2H3. The molecular formula is C14H20BrNOS. The summed E-state index contributed by atoms with van der Waals surface area (Å²) >= 11 is 5.46. The number of benzene rings is 1. The molecule has 1 heterocycles. The Morgan fingerprint density at radius 1 is 1.56 bits per heavy atom. The fourth-order valence-corrected chi connectivity index (χ4v) is 3.87. The van der Waals surface area contributed by atoms with Gasteiger partial charge in [0.15, 0.2) is 0 Å². The molecule has 2 nitrogen and oxygen atoms in total. The van der Waals surface area contributed by atoms with E-state index in [4.69, 9.17) is 4.74 Å². The van der Waals surface area contributed by atoms with Crippen LogP contribution in [0.3, 0.4) is 0 Å². The van der Waals surface area contributed by atoms with E-state index in [2.05, 4.69) is 46.4 Å². The Morgan fingerprint density at radius 2 is 2.39 bits per heavy atom. The second kappa shape index (κ2) is 6.94. The highest BCUT2D eigenvalue weighted by Gasteiger charge is 2.17. The van der Waals surface area contributed by atoms with Gasteiger partial charge in [-0.3, -0.25) is 0 Å². The molecular weight excluding hydrogens is 310 g/mol. The molecule has 4 heteroatoms. The van der Waals surface area contributed by atoms with Crippen LogP contribution in [0, 0.1) is 0 Å². The lowest BCUT2D eigenvalue weighted by atomic mass is 10.1. The number of rotatable bonds is 5. The monoisotopic (exact) mass is 329 g/mol. The SMILES string of the molecule is CNC(C)c1ccc(Br)cc1SCC1CCCO1. The molecule has 2 unspecified atom stereocenters. The molecule has 0 aromatic heterocycles. The third-order valence-electron chi connectivity index (χ3n) is 3.32. The number of thioether (sulfide) groups is 1. The summed E-state index contributed by atoms with van der Waals surface area (Å²) < 4.78 is 6.83. The van der Waals surface area contributed by atoms with Crippen LogP contribution in [0.1, 0.15) is 31.4 Å². The largest absolute Gasteiger partial charge is 0.377 e. The number of nitrogens with one attached hydrogen (secondary N) is 1. The predicted octanol–water partition coefficient (Wildman–Crippen LogP) is 4.00. The Bertz CT molecular complexity index is 393. The van der Waals surface area contributed by atoms with Gasteiger partial charge in [-0.15, -0.1) is 11.8 Å². The van der Waals surface area contributed by atoms with Gasteiger partial charge in [-0.05, 0) is 44.5 Å². The van der Waals surface area contributed by atoms with Crippen molar-refractivity contribution >= 4 is 27.7 Å². The minimum Gasteiger partial charge on any atom is -0.377 e. The average molecular weight is 330 g/mol. The van der Waals surface area contributed by atoms with Crippen molar-refractivity contribution in [3.63, 3.8) is 0 Å².